The highest BCUT2D eigenvalue weighted by molar-refractivity contribution is 5.85. The fraction of sp³-hybridized carbons (Fsp3) is 0.300. The molecular formula is C20H24N4. The van der Waals surface area contributed by atoms with Gasteiger partial charge >= 0.3 is 0 Å². The summed E-state index contributed by atoms with van der Waals surface area (Å²) >= 11 is 0. The Bertz CT molecular complexity index is 795. The molecule has 0 aliphatic carbocycles. The summed E-state index contributed by atoms with van der Waals surface area (Å²) in [6.45, 7) is 5.12. The topological polar surface area (TPSA) is 42.2 Å². The summed E-state index contributed by atoms with van der Waals surface area (Å²) in [4.78, 5) is 4.42. The van der Waals surface area contributed by atoms with Gasteiger partial charge in [-0.25, -0.2) is 4.68 Å². The highest BCUT2D eigenvalue weighted by Gasteiger charge is 2.16. The Hall–Kier alpha value is -2.62. The molecule has 1 aliphatic rings. The van der Waals surface area contributed by atoms with Gasteiger partial charge in [-0.2, -0.15) is 5.10 Å². The standard InChI is InChI=1S/C20H24N4/c1-15-20(12-18(13-21-3)17-8-7-11-22-14-17)16(2)24(23-15)19-9-5-4-6-10-19/h4-6,8-10,13-14,21H,7,11-12H2,1-3H3/b18-13-. The Morgan fingerprint density at radius 1 is 1.25 bits per heavy atom. The maximum atomic E-state index is 4.75. The molecule has 0 saturated carbocycles. The van der Waals surface area contributed by atoms with Crippen molar-refractivity contribution in [3.63, 3.8) is 0 Å². The predicted octanol–water partition coefficient (Wildman–Crippen LogP) is 3.54. The van der Waals surface area contributed by atoms with E-state index in [9.17, 15) is 0 Å². The van der Waals surface area contributed by atoms with E-state index in [0.29, 0.717) is 0 Å². The van der Waals surface area contributed by atoms with Crippen LogP contribution in [0.15, 0.2) is 58.7 Å². The van der Waals surface area contributed by atoms with Gasteiger partial charge in [0.05, 0.1) is 11.4 Å². The lowest BCUT2D eigenvalue weighted by molar-refractivity contribution is 0.833. The highest BCUT2D eigenvalue weighted by atomic mass is 15.3. The number of benzene rings is 1. The van der Waals surface area contributed by atoms with E-state index >= 15 is 0 Å². The molecule has 24 heavy (non-hydrogen) atoms. The Balaban J connectivity index is 1.95. The van der Waals surface area contributed by atoms with Crippen LogP contribution >= 0.6 is 0 Å². The Labute approximate surface area is 143 Å². The van der Waals surface area contributed by atoms with Crippen LogP contribution in [-0.2, 0) is 6.42 Å². The zero-order valence-corrected chi connectivity index (χ0v) is 14.6. The number of para-hydroxylation sites is 1. The molecule has 0 saturated heterocycles. The Morgan fingerprint density at radius 3 is 2.71 bits per heavy atom. The second-order valence-corrected chi connectivity index (χ2v) is 6.02. The van der Waals surface area contributed by atoms with Crippen molar-refractivity contribution in [3.05, 3.63) is 70.7 Å². The molecule has 2 aromatic rings. The van der Waals surface area contributed by atoms with Crippen molar-refractivity contribution in [1.29, 1.82) is 0 Å². The molecule has 1 aliphatic heterocycles. The number of allylic oxidation sites excluding steroid dienone is 2. The van der Waals surface area contributed by atoms with E-state index in [1.165, 1.54) is 22.4 Å². The number of aromatic nitrogens is 2. The minimum Gasteiger partial charge on any atom is -0.394 e. The first kappa shape index (κ1) is 16.2. The molecular weight excluding hydrogens is 296 g/mol. The minimum atomic E-state index is 0.850. The maximum Gasteiger partial charge on any atom is 0.0648 e. The number of nitrogens with zero attached hydrogens (tertiary/aromatic N) is 3. The van der Waals surface area contributed by atoms with E-state index in [2.05, 4.69) is 48.6 Å². The van der Waals surface area contributed by atoms with Gasteiger partial charge in [-0.15, -0.1) is 0 Å². The van der Waals surface area contributed by atoms with Gasteiger partial charge < -0.3 is 5.32 Å². The average Bonchev–Trinajstić information content (AvgIpc) is 2.91. The van der Waals surface area contributed by atoms with Gasteiger partial charge in [-0.3, -0.25) is 4.99 Å². The van der Waals surface area contributed by atoms with Crippen LogP contribution in [0.3, 0.4) is 0 Å². The van der Waals surface area contributed by atoms with Gasteiger partial charge in [0.25, 0.3) is 0 Å². The lowest BCUT2D eigenvalue weighted by atomic mass is 9.96. The van der Waals surface area contributed by atoms with Gasteiger partial charge in [0.2, 0.25) is 0 Å². The fourth-order valence-corrected chi connectivity index (χ4v) is 3.08. The zero-order chi connectivity index (χ0) is 16.9. The van der Waals surface area contributed by atoms with E-state index in [1.807, 2.05) is 36.1 Å². The van der Waals surface area contributed by atoms with Crippen molar-refractivity contribution in [1.82, 2.24) is 15.1 Å². The third-order valence-electron chi connectivity index (χ3n) is 4.35. The van der Waals surface area contributed by atoms with Gasteiger partial charge in [-0.05, 0) is 43.5 Å². The van der Waals surface area contributed by atoms with Crippen molar-refractivity contribution in [2.45, 2.75) is 26.7 Å². The lowest BCUT2D eigenvalue weighted by Crippen LogP contribution is -2.07. The summed E-state index contributed by atoms with van der Waals surface area (Å²) in [7, 11) is 1.94. The number of dihydropyridines is 1. The molecule has 0 amide bonds. The highest BCUT2D eigenvalue weighted by Crippen LogP contribution is 2.24. The lowest BCUT2D eigenvalue weighted by Gasteiger charge is -2.12. The zero-order valence-electron chi connectivity index (χ0n) is 14.6. The normalized spacial score (nSPS) is 14.6. The molecule has 0 unspecified atom stereocenters. The van der Waals surface area contributed by atoms with Crippen LogP contribution in [0.5, 0.6) is 0 Å². The monoisotopic (exact) mass is 320 g/mol. The van der Waals surface area contributed by atoms with Crippen LogP contribution in [0.2, 0.25) is 0 Å². The first-order valence-corrected chi connectivity index (χ1v) is 8.38. The molecule has 124 valence electrons. The summed E-state index contributed by atoms with van der Waals surface area (Å²) in [5, 5.41) is 7.93. The third kappa shape index (κ3) is 3.32. The van der Waals surface area contributed by atoms with Crippen LogP contribution in [-0.4, -0.2) is 29.6 Å². The molecule has 4 nitrogen and oxygen atoms in total. The summed E-state index contributed by atoms with van der Waals surface area (Å²) in [5.41, 5.74) is 7.10. The summed E-state index contributed by atoms with van der Waals surface area (Å²) in [6, 6.07) is 10.3. The van der Waals surface area contributed by atoms with E-state index in [0.717, 1.165) is 30.8 Å². The first-order valence-electron chi connectivity index (χ1n) is 8.38. The van der Waals surface area contributed by atoms with Crippen LogP contribution < -0.4 is 5.32 Å². The smallest absolute Gasteiger partial charge is 0.0648 e. The van der Waals surface area contributed by atoms with Gasteiger partial charge in [0.15, 0.2) is 0 Å². The number of aliphatic imine (C=N–C) groups is 1. The number of nitrogens with one attached hydrogen (secondary N) is 1. The van der Waals surface area contributed by atoms with Crippen LogP contribution in [0.4, 0.5) is 0 Å². The number of hydrogen-bond acceptors (Lipinski definition) is 3. The molecule has 2 heterocycles. The fourth-order valence-electron chi connectivity index (χ4n) is 3.08. The molecule has 0 atom stereocenters. The molecule has 0 radical (unpaired) electrons. The number of hydrogen-bond donors (Lipinski definition) is 1. The van der Waals surface area contributed by atoms with E-state index in [-0.39, 0.29) is 0 Å². The van der Waals surface area contributed by atoms with Gasteiger partial charge in [-0.1, -0.05) is 24.3 Å². The van der Waals surface area contributed by atoms with Crippen molar-refractivity contribution >= 4 is 6.21 Å². The number of aryl methyl sites for hydroxylation is 1. The van der Waals surface area contributed by atoms with E-state index < -0.39 is 0 Å². The second-order valence-electron chi connectivity index (χ2n) is 6.02. The van der Waals surface area contributed by atoms with E-state index in [4.69, 9.17) is 5.10 Å². The molecule has 3 rings (SSSR count). The summed E-state index contributed by atoms with van der Waals surface area (Å²) in [5.74, 6) is 0. The largest absolute Gasteiger partial charge is 0.394 e. The molecule has 0 bridgehead atoms. The van der Waals surface area contributed by atoms with Crippen LogP contribution in [0.25, 0.3) is 5.69 Å². The van der Waals surface area contributed by atoms with Gasteiger partial charge in [0, 0.05) is 43.7 Å². The van der Waals surface area contributed by atoms with Crippen LogP contribution in [0.1, 0.15) is 23.4 Å². The number of rotatable bonds is 5. The molecule has 0 spiro atoms. The summed E-state index contributed by atoms with van der Waals surface area (Å²) < 4.78 is 2.03. The minimum absolute atomic E-state index is 0.850. The SMILES string of the molecule is CN/C=C(/Cc1c(C)nn(-c2ccccc2)c1C)C1=CCCN=C1. The van der Waals surface area contributed by atoms with E-state index in [1.54, 1.807) is 0 Å². The third-order valence-corrected chi connectivity index (χ3v) is 4.35. The van der Waals surface area contributed by atoms with Crippen LogP contribution in [0, 0.1) is 13.8 Å². The molecule has 1 aromatic carbocycles. The quantitative estimate of drug-likeness (QED) is 0.915. The maximum absolute atomic E-state index is 4.75. The van der Waals surface area contributed by atoms with Crippen molar-refractivity contribution in [3.8, 4) is 5.69 Å². The molecule has 0 fully saturated rings. The first-order chi connectivity index (χ1) is 11.7. The van der Waals surface area contributed by atoms with Gasteiger partial charge in [0.1, 0.15) is 0 Å². The molecule has 1 aromatic heterocycles. The second kappa shape index (κ2) is 7.30. The molecule has 4 heteroatoms. The van der Waals surface area contributed by atoms with Crippen molar-refractivity contribution in [2.75, 3.05) is 13.6 Å². The Morgan fingerprint density at radius 2 is 2.04 bits per heavy atom. The predicted molar refractivity (Wildman–Crippen MR) is 99.9 cm³/mol. The molecule has 1 N–H and O–H groups in total. The van der Waals surface area contributed by atoms with Crippen molar-refractivity contribution < 1.29 is 0 Å². The Kier molecular flexibility index (Phi) is 4.94. The summed E-state index contributed by atoms with van der Waals surface area (Å²) in [6.07, 6.45) is 8.18. The average molecular weight is 320 g/mol. The van der Waals surface area contributed by atoms with Crippen molar-refractivity contribution in [2.24, 2.45) is 4.99 Å².